The van der Waals surface area contributed by atoms with Gasteiger partial charge >= 0.3 is 0 Å². The van der Waals surface area contributed by atoms with E-state index >= 15 is 0 Å². The van der Waals surface area contributed by atoms with Crippen LogP contribution >= 0.6 is 0 Å². The molecule has 0 aliphatic rings. The molecule has 0 heterocycles. The number of nitro groups is 1. The highest BCUT2D eigenvalue weighted by molar-refractivity contribution is 7.92. The standard InChI is InChI=1S/C13H11FN2O4S/c1-15(11-3-2-4-12(9-11)16(17)18)21(19,20)13-7-5-10(14)6-8-13/h2-9H,1H3. The van der Waals surface area contributed by atoms with Gasteiger partial charge in [-0.3, -0.25) is 14.4 Å². The lowest BCUT2D eigenvalue weighted by molar-refractivity contribution is -0.384. The van der Waals surface area contributed by atoms with E-state index in [-0.39, 0.29) is 16.3 Å². The minimum Gasteiger partial charge on any atom is -0.269 e. The van der Waals surface area contributed by atoms with Gasteiger partial charge in [-0.1, -0.05) is 6.07 Å². The van der Waals surface area contributed by atoms with Gasteiger partial charge in [-0.2, -0.15) is 0 Å². The predicted octanol–water partition coefficient (Wildman–Crippen LogP) is 2.56. The third-order valence-corrected chi connectivity index (χ3v) is 4.68. The van der Waals surface area contributed by atoms with Crippen LogP contribution in [0.3, 0.4) is 0 Å². The fraction of sp³-hybridized carbons (Fsp3) is 0.0769. The Bertz CT molecular complexity index is 775. The molecule has 0 aromatic heterocycles. The van der Waals surface area contributed by atoms with E-state index in [1.165, 1.54) is 25.2 Å². The first kappa shape index (κ1) is 14.9. The van der Waals surface area contributed by atoms with Crippen LogP contribution in [0.4, 0.5) is 15.8 Å². The van der Waals surface area contributed by atoms with Crippen molar-refractivity contribution in [2.75, 3.05) is 11.4 Å². The average Bonchev–Trinajstić information content (AvgIpc) is 2.47. The molecular formula is C13H11FN2O4S. The first-order valence-electron chi connectivity index (χ1n) is 5.81. The van der Waals surface area contributed by atoms with Gasteiger partial charge in [-0.15, -0.1) is 0 Å². The molecule has 0 bridgehead atoms. The number of benzene rings is 2. The predicted molar refractivity (Wildman–Crippen MR) is 75.1 cm³/mol. The van der Waals surface area contributed by atoms with Crippen molar-refractivity contribution in [3.8, 4) is 0 Å². The molecule has 8 heteroatoms. The number of sulfonamides is 1. The van der Waals surface area contributed by atoms with Crippen molar-refractivity contribution in [3.63, 3.8) is 0 Å². The summed E-state index contributed by atoms with van der Waals surface area (Å²) in [6.07, 6.45) is 0. The van der Waals surface area contributed by atoms with Crippen molar-refractivity contribution >= 4 is 21.4 Å². The number of hydrogen-bond donors (Lipinski definition) is 0. The van der Waals surface area contributed by atoms with Crippen LogP contribution in [0.1, 0.15) is 0 Å². The molecule has 0 atom stereocenters. The average molecular weight is 310 g/mol. The molecule has 0 unspecified atom stereocenters. The Morgan fingerprint density at radius 3 is 2.33 bits per heavy atom. The van der Waals surface area contributed by atoms with Gasteiger partial charge in [0.1, 0.15) is 5.82 Å². The Morgan fingerprint density at radius 2 is 1.76 bits per heavy atom. The Hall–Kier alpha value is -2.48. The zero-order chi connectivity index (χ0) is 15.6. The van der Waals surface area contributed by atoms with Crippen molar-refractivity contribution in [2.45, 2.75) is 4.90 Å². The van der Waals surface area contributed by atoms with Gasteiger partial charge in [-0.05, 0) is 30.3 Å². The molecule has 0 radical (unpaired) electrons. The van der Waals surface area contributed by atoms with Gasteiger partial charge < -0.3 is 0 Å². The smallest absolute Gasteiger partial charge is 0.269 e. The molecular weight excluding hydrogens is 299 g/mol. The van der Waals surface area contributed by atoms with Crippen molar-refractivity contribution in [1.82, 2.24) is 0 Å². The van der Waals surface area contributed by atoms with Crippen molar-refractivity contribution in [1.29, 1.82) is 0 Å². The summed E-state index contributed by atoms with van der Waals surface area (Å²) in [6, 6.07) is 9.60. The Kier molecular flexibility index (Phi) is 3.90. The monoisotopic (exact) mass is 310 g/mol. The third-order valence-electron chi connectivity index (χ3n) is 2.88. The molecule has 0 saturated heterocycles. The molecule has 21 heavy (non-hydrogen) atoms. The van der Waals surface area contributed by atoms with E-state index < -0.39 is 20.8 Å². The second kappa shape index (κ2) is 5.49. The summed E-state index contributed by atoms with van der Waals surface area (Å²) in [5.74, 6) is -0.549. The maximum absolute atomic E-state index is 12.9. The van der Waals surface area contributed by atoms with Crippen molar-refractivity contribution in [3.05, 3.63) is 64.5 Å². The van der Waals surface area contributed by atoms with Crippen LogP contribution in [-0.2, 0) is 10.0 Å². The molecule has 0 aliphatic heterocycles. The number of non-ortho nitro benzene ring substituents is 1. The number of rotatable bonds is 4. The van der Waals surface area contributed by atoms with E-state index in [9.17, 15) is 22.9 Å². The van der Waals surface area contributed by atoms with E-state index in [4.69, 9.17) is 0 Å². The van der Waals surface area contributed by atoms with Crippen LogP contribution in [0.2, 0.25) is 0 Å². The van der Waals surface area contributed by atoms with E-state index in [0.29, 0.717) is 0 Å². The molecule has 0 amide bonds. The summed E-state index contributed by atoms with van der Waals surface area (Å²) < 4.78 is 38.5. The highest BCUT2D eigenvalue weighted by atomic mass is 32.2. The normalized spacial score (nSPS) is 11.1. The Morgan fingerprint density at radius 1 is 1.14 bits per heavy atom. The van der Waals surface area contributed by atoms with Gasteiger partial charge in [0, 0.05) is 19.2 Å². The second-order valence-corrected chi connectivity index (χ2v) is 6.17. The van der Waals surface area contributed by atoms with E-state index in [1.54, 1.807) is 0 Å². The molecule has 0 saturated carbocycles. The maximum atomic E-state index is 12.9. The van der Waals surface area contributed by atoms with E-state index in [1.807, 2.05) is 0 Å². The molecule has 110 valence electrons. The van der Waals surface area contributed by atoms with Crippen LogP contribution in [0.25, 0.3) is 0 Å². The summed E-state index contributed by atoms with van der Waals surface area (Å²) >= 11 is 0. The van der Waals surface area contributed by atoms with Crippen LogP contribution < -0.4 is 4.31 Å². The van der Waals surface area contributed by atoms with Gasteiger partial charge in [0.25, 0.3) is 15.7 Å². The SMILES string of the molecule is CN(c1cccc([N+](=O)[O-])c1)S(=O)(=O)c1ccc(F)cc1. The fourth-order valence-electron chi connectivity index (χ4n) is 1.71. The summed E-state index contributed by atoms with van der Waals surface area (Å²) in [6.45, 7) is 0. The highest BCUT2D eigenvalue weighted by Gasteiger charge is 2.22. The molecule has 0 fully saturated rings. The van der Waals surface area contributed by atoms with Gasteiger partial charge in [0.2, 0.25) is 0 Å². The van der Waals surface area contributed by atoms with Crippen molar-refractivity contribution < 1.29 is 17.7 Å². The van der Waals surface area contributed by atoms with Crippen LogP contribution in [0.5, 0.6) is 0 Å². The van der Waals surface area contributed by atoms with Crippen LogP contribution in [-0.4, -0.2) is 20.4 Å². The third kappa shape index (κ3) is 3.00. The van der Waals surface area contributed by atoms with Gasteiger partial charge in [0.05, 0.1) is 15.5 Å². The van der Waals surface area contributed by atoms with Crippen LogP contribution in [0.15, 0.2) is 53.4 Å². The lowest BCUT2D eigenvalue weighted by Crippen LogP contribution is -2.26. The second-order valence-electron chi connectivity index (χ2n) is 4.20. The first-order valence-corrected chi connectivity index (χ1v) is 7.25. The molecule has 2 aromatic carbocycles. The van der Waals surface area contributed by atoms with Crippen molar-refractivity contribution in [2.24, 2.45) is 0 Å². The Balaban J connectivity index is 2.43. The number of nitro benzene ring substituents is 1. The summed E-state index contributed by atoms with van der Waals surface area (Å²) in [5.41, 5.74) is -0.0674. The number of anilines is 1. The number of halogens is 1. The van der Waals surface area contributed by atoms with Gasteiger partial charge in [0.15, 0.2) is 0 Å². The Labute approximate surface area is 120 Å². The lowest BCUT2D eigenvalue weighted by Gasteiger charge is -2.19. The maximum Gasteiger partial charge on any atom is 0.271 e. The lowest BCUT2D eigenvalue weighted by atomic mass is 10.3. The summed E-state index contributed by atoms with van der Waals surface area (Å²) in [5, 5.41) is 10.7. The molecule has 0 aliphatic carbocycles. The quantitative estimate of drug-likeness (QED) is 0.642. The zero-order valence-corrected chi connectivity index (χ0v) is 11.7. The number of hydrogen-bond acceptors (Lipinski definition) is 4. The highest BCUT2D eigenvalue weighted by Crippen LogP contribution is 2.25. The van der Waals surface area contributed by atoms with Gasteiger partial charge in [-0.25, -0.2) is 12.8 Å². The summed E-state index contributed by atoms with van der Waals surface area (Å²) in [4.78, 5) is 10.0. The molecule has 0 N–H and O–H groups in total. The zero-order valence-electron chi connectivity index (χ0n) is 10.9. The van der Waals surface area contributed by atoms with E-state index in [2.05, 4.69) is 0 Å². The van der Waals surface area contributed by atoms with Crippen LogP contribution in [0, 0.1) is 15.9 Å². The molecule has 0 spiro atoms. The fourth-order valence-corrected chi connectivity index (χ4v) is 2.89. The molecule has 2 rings (SSSR count). The summed E-state index contributed by atoms with van der Waals surface area (Å²) in [7, 11) is -2.63. The van der Waals surface area contributed by atoms with E-state index in [0.717, 1.165) is 34.6 Å². The minimum absolute atomic E-state index is 0.0992. The molecule has 2 aromatic rings. The topological polar surface area (TPSA) is 80.5 Å². The minimum atomic E-state index is -3.91. The largest absolute Gasteiger partial charge is 0.271 e. The molecule has 6 nitrogen and oxygen atoms in total. The number of nitrogens with zero attached hydrogens (tertiary/aromatic N) is 2. The first-order chi connectivity index (χ1) is 9.82.